The fourth-order valence-electron chi connectivity index (χ4n) is 1.62. The Kier molecular flexibility index (Phi) is 3.93. The van der Waals surface area contributed by atoms with Gasteiger partial charge in [0.15, 0.2) is 5.13 Å². The highest BCUT2D eigenvalue weighted by molar-refractivity contribution is 7.93. The van der Waals surface area contributed by atoms with E-state index in [0.29, 0.717) is 23.2 Å². The molecular weight excluding hydrogens is 286 g/mol. The van der Waals surface area contributed by atoms with Gasteiger partial charge in [-0.3, -0.25) is 4.72 Å². The lowest BCUT2D eigenvalue weighted by atomic mass is 10.4. The molecule has 0 bridgehead atoms. The van der Waals surface area contributed by atoms with E-state index in [1.54, 1.807) is 19.4 Å². The molecule has 0 saturated carbocycles. The summed E-state index contributed by atoms with van der Waals surface area (Å²) in [4.78, 5) is 4.22. The summed E-state index contributed by atoms with van der Waals surface area (Å²) in [6, 6.07) is 1.52. The third kappa shape index (κ3) is 3.14. The zero-order valence-corrected chi connectivity index (χ0v) is 12.5. The van der Waals surface area contributed by atoms with Crippen molar-refractivity contribution in [3.63, 3.8) is 0 Å². The molecule has 6 nitrogen and oxygen atoms in total. The minimum absolute atomic E-state index is 0.144. The van der Waals surface area contributed by atoms with Crippen LogP contribution < -0.4 is 10.0 Å². The van der Waals surface area contributed by atoms with Crippen LogP contribution in [0, 0.1) is 13.8 Å². The molecule has 0 amide bonds. The number of nitrogens with zero attached hydrogens (tertiary/aromatic N) is 1. The summed E-state index contributed by atoms with van der Waals surface area (Å²) in [6.07, 6.45) is 0. The van der Waals surface area contributed by atoms with Crippen LogP contribution in [0.1, 0.15) is 17.2 Å². The lowest BCUT2D eigenvalue weighted by Gasteiger charge is -2.02. The first-order valence-electron chi connectivity index (χ1n) is 5.61. The van der Waals surface area contributed by atoms with E-state index in [-0.39, 0.29) is 4.90 Å². The van der Waals surface area contributed by atoms with Crippen molar-refractivity contribution in [2.45, 2.75) is 25.3 Å². The van der Waals surface area contributed by atoms with Gasteiger partial charge in [0.2, 0.25) is 0 Å². The quantitative estimate of drug-likeness (QED) is 0.881. The zero-order chi connectivity index (χ0) is 14.0. The Morgan fingerprint density at radius 1 is 1.42 bits per heavy atom. The van der Waals surface area contributed by atoms with Crippen LogP contribution in [-0.4, -0.2) is 20.4 Å². The van der Waals surface area contributed by atoms with Crippen LogP contribution in [-0.2, 0) is 16.6 Å². The van der Waals surface area contributed by atoms with Gasteiger partial charge in [-0.05, 0) is 20.9 Å². The normalized spacial score (nSPS) is 11.7. The summed E-state index contributed by atoms with van der Waals surface area (Å²) >= 11 is 1.25. The summed E-state index contributed by atoms with van der Waals surface area (Å²) in [5.74, 6) is 0.946. The van der Waals surface area contributed by atoms with E-state index >= 15 is 0 Å². The summed E-state index contributed by atoms with van der Waals surface area (Å²) < 4.78 is 32.3. The lowest BCUT2D eigenvalue weighted by molar-refractivity contribution is 0.466. The molecule has 0 aliphatic rings. The van der Waals surface area contributed by atoms with Crippen molar-refractivity contribution >= 4 is 26.5 Å². The largest absolute Gasteiger partial charge is 0.464 e. The first kappa shape index (κ1) is 14.0. The maximum absolute atomic E-state index is 12.2. The monoisotopic (exact) mass is 301 g/mol. The van der Waals surface area contributed by atoms with Crippen molar-refractivity contribution in [3.8, 4) is 0 Å². The van der Waals surface area contributed by atoms with Crippen molar-refractivity contribution in [1.29, 1.82) is 0 Å². The predicted molar refractivity (Wildman–Crippen MR) is 73.9 cm³/mol. The maximum atomic E-state index is 12.2. The summed E-state index contributed by atoms with van der Waals surface area (Å²) in [5.41, 5.74) is 0.780. The molecule has 0 radical (unpaired) electrons. The Hall–Kier alpha value is -1.38. The van der Waals surface area contributed by atoms with Crippen LogP contribution in [0.15, 0.2) is 20.8 Å². The molecule has 0 unspecified atom stereocenters. The molecule has 0 aliphatic carbocycles. The highest BCUT2D eigenvalue weighted by Crippen LogP contribution is 2.24. The molecule has 2 aromatic rings. The van der Waals surface area contributed by atoms with E-state index in [2.05, 4.69) is 15.0 Å². The first-order valence-corrected chi connectivity index (χ1v) is 7.97. The van der Waals surface area contributed by atoms with Crippen molar-refractivity contribution in [2.75, 3.05) is 11.8 Å². The Morgan fingerprint density at radius 3 is 2.74 bits per heavy atom. The second-order valence-electron chi connectivity index (χ2n) is 4.06. The van der Waals surface area contributed by atoms with Gasteiger partial charge in [-0.15, -0.1) is 11.3 Å². The highest BCUT2D eigenvalue weighted by atomic mass is 32.2. The molecule has 0 saturated heterocycles. The van der Waals surface area contributed by atoms with E-state index in [0.717, 1.165) is 5.69 Å². The molecule has 0 atom stereocenters. The van der Waals surface area contributed by atoms with Gasteiger partial charge in [-0.25, -0.2) is 13.4 Å². The lowest BCUT2D eigenvalue weighted by Crippen LogP contribution is -2.13. The second kappa shape index (κ2) is 5.32. The molecule has 0 spiro atoms. The van der Waals surface area contributed by atoms with Crippen molar-refractivity contribution < 1.29 is 12.8 Å². The number of sulfonamides is 1. The molecule has 0 aromatic carbocycles. The topological polar surface area (TPSA) is 84.2 Å². The van der Waals surface area contributed by atoms with Gasteiger partial charge in [0.25, 0.3) is 10.0 Å². The smallest absolute Gasteiger partial charge is 0.267 e. The van der Waals surface area contributed by atoms with Crippen molar-refractivity contribution in [1.82, 2.24) is 10.3 Å². The summed E-state index contributed by atoms with van der Waals surface area (Å²) in [6.45, 7) is 3.91. The van der Waals surface area contributed by atoms with E-state index in [1.165, 1.54) is 17.4 Å². The Bertz CT molecular complexity index is 673. The molecule has 104 valence electrons. The van der Waals surface area contributed by atoms with Gasteiger partial charge >= 0.3 is 0 Å². The van der Waals surface area contributed by atoms with E-state index in [4.69, 9.17) is 4.42 Å². The molecule has 0 fully saturated rings. The van der Waals surface area contributed by atoms with Crippen LogP contribution in [0.25, 0.3) is 0 Å². The maximum Gasteiger partial charge on any atom is 0.267 e. The van der Waals surface area contributed by atoms with Gasteiger partial charge in [0, 0.05) is 11.4 Å². The van der Waals surface area contributed by atoms with Gasteiger partial charge < -0.3 is 9.73 Å². The zero-order valence-electron chi connectivity index (χ0n) is 10.9. The number of anilines is 1. The molecular formula is C11H15N3O3S2. The Morgan fingerprint density at radius 2 is 2.16 bits per heavy atom. The first-order chi connectivity index (χ1) is 8.92. The number of aryl methyl sites for hydroxylation is 2. The third-order valence-corrected chi connectivity index (χ3v) is 4.86. The minimum atomic E-state index is -3.65. The number of aromatic nitrogens is 1. The number of nitrogens with one attached hydrogen (secondary N) is 2. The number of hydrogen-bond acceptors (Lipinski definition) is 6. The minimum Gasteiger partial charge on any atom is -0.464 e. The molecule has 0 aliphatic heterocycles. The molecule has 2 N–H and O–H groups in total. The predicted octanol–water partition coefficient (Wildman–Crippen LogP) is 1.87. The molecule has 2 rings (SSSR count). The molecule has 19 heavy (non-hydrogen) atoms. The number of rotatable bonds is 5. The third-order valence-electron chi connectivity index (χ3n) is 2.40. The van der Waals surface area contributed by atoms with Crippen molar-refractivity contribution in [2.24, 2.45) is 0 Å². The fourth-order valence-corrected chi connectivity index (χ4v) is 3.77. The fraction of sp³-hybridized carbons (Fsp3) is 0.364. The standard InChI is InChI=1S/C11H15N3O3S2/c1-7-6-18-11(13-7)14-19(15,16)10-4-9(5-12-3)17-8(10)2/h4,6,12H,5H2,1-3H3,(H,13,14). The van der Waals surface area contributed by atoms with Gasteiger partial charge in [0.1, 0.15) is 16.4 Å². The molecule has 2 heterocycles. The van der Waals surface area contributed by atoms with Crippen LogP contribution in [0.3, 0.4) is 0 Å². The second-order valence-corrected chi connectivity index (χ2v) is 6.57. The van der Waals surface area contributed by atoms with Crippen molar-refractivity contribution in [3.05, 3.63) is 28.7 Å². The van der Waals surface area contributed by atoms with Gasteiger partial charge in [-0.1, -0.05) is 0 Å². The number of thiazole rings is 1. The summed E-state index contributed by atoms with van der Waals surface area (Å²) in [7, 11) is -1.89. The van der Waals surface area contributed by atoms with E-state index in [9.17, 15) is 8.42 Å². The Balaban J connectivity index is 2.28. The van der Waals surface area contributed by atoms with Crippen LogP contribution in [0.5, 0.6) is 0 Å². The molecule has 8 heteroatoms. The van der Waals surface area contributed by atoms with Gasteiger partial charge in [0.05, 0.1) is 12.2 Å². The molecule has 2 aromatic heterocycles. The van der Waals surface area contributed by atoms with E-state index in [1.807, 2.05) is 6.92 Å². The highest BCUT2D eigenvalue weighted by Gasteiger charge is 2.22. The van der Waals surface area contributed by atoms with Gasteiger partial charge in [-0.2, -0.15) is 0 Å². The summed E-state index contributed by atoms with van der Waals surface area (Å²) in [5, 5.41) is 5.05. The van der Waals surface area contributed by atoms with Crippen LogP contribution in [0.2, 0.25) is 0 Å². The van der Waals surface area contributed by atoms with Crippen LogP contribution in [0.4, 0.5) is 5.13 Å². The SMILES string of the molecule is CNCc1cc(S(=O)(=O)Nc2nc(C)cs2)c(C)o1. The van der Waals surface area contributed by atoms with Crippen LogP contribution >= 0.6 is 11.3 Å². The number of hydrogen-bond donors (Lipinski definition) is 2. The Labute approximate surface area is 115 Å². The number of furan rings is 1. The van der Waals surface area contributed by atoms with E-state index < -0.39 is 10.0 Å². The average Bonchev–Trinajstić information content (AvgIpc) is 2.86. The average molecular weight is 301 g/mol.